The van der Waals surface area contributed by atoms with Crippen LogP contribution >= 0.6 is 0 Å². The molecular formula is C16H14N2O7S. The minimum absolute atomic E-state index is 0.323. The quantitative estimate of drug-likeness (QED) is 0.174. The van der Waals surface area contributed by atoms with Crippen molar-refractivity contribution < 1.29 is 28.1 Å². The highest BCUT2D eigenvalue weighted by Gasteiger charge is 2.22. The van der Waals surface area contributed by atoms with Crippen LogP contribution in [0.15, 0.2) is 59.5 Å². The van der Waals surface area contributed by atoms with E-state index in [0.717, 1.165) is 16.8 Å². The first-order valence-corrected chi connectivity index (χ1v) is 8.45. The summed E-state index contributed by atoms with van der Waals surface area (Å²) in [4.78, 5) is 8.45. The molecule has 26 heavy (non-hydrogen) atoms. The van der Waals surface area contributed by atoms with E-state index in [0.29, 0.717) is 11.8 Å². The molecule has 0 atom stereocenters. The Labute approximate surface area is 147 Å². The van der Waals surface area contributed by atoms with Crippen molar-refractivity contribution in [2.45, 2.75) is 4.90 Å². The molecule has 0 fully saturated rings. The second-order valence-corrected chi connectivity index (χ2v) is 6.54. The zero-order valence-electron chi connectivity index (χ0n) is 13.1. The number of phenolic OH excluding ortho intramolecular Hbond substituents is 2. The smallest absolute Gasteiger partial charge is 0.298 e. The lowest BCUT2D eigenvalue weighted by molar-refractivity contribution is -0.385. The van der Waals surface area contributed by atoms with Crippen LogP contribution in [0.2, 0.25) is 0 Å². The lowest BCUT2D eigenvalue weighted by Gasteiger charge is -2.03. The Hall–Kier alpha value is -3.37. The van der Waals surface area contributed by atoms with Gasteiger partial charge in [-0.05, 0) is 22.9 Å². The van der Waals surface area contributed by atoms with Crippen LogP contribution < -0.4 is 5.73 Å². The summed E-state index contributed by atoms with van der Waals surface area (Å²) >= 11 is 0. The number of phenols is 2. The molecule has 0 aliphatic rings. The van der Waals surface area contributed by atoms with E-state index in [9.17, 15) is 18.5 Å². The number of nitro groups is 1. The fourth-order valence-corrected chi connectivity index (χ4v) is 2.72. The topological polar surface area (TPSA) is 164 Å². The van der Waals surface area contributed by atoms with Gasteiger partial charge in [0.1, 0.15) is 10.6 Å². The third-order valence-corrected chi connectivity index (χ3v) is 4.18. The molecule has 3 aromatic carbocycles. The molecule has 0 heterocycles. The highest BCUT2D eigenvalue weighted by Crippen LogP contribution is 2.33. The number of nitrogen functional groups attached to an aromatic ring is 1. The van der Waals surface area contributed by atoms with Crippen molar-refractivity contribution in [1.29, 1.82) is 0 Å². The summed E-state index contributed by atoms with van der Waals surface area (Å²) in [7, 11) is -4.75. The number of nitrogens with two attached hydrogens (primary N) is 1. The molecule has 0 aliphatic carbocycles. The molecule has 0 aromatic heterocycles. The van der Waals surface area contributed by atoms with Gasteiger partial charge in [-0.25, -0.2) is 0 Å². The number of fused-ring (bicyclic) bond motifs is 1. The number of hydrogen-bond donors (Lipinski definition) is 4. The first kappa shape index (κ1) is 19.0. The molecule has 0 spiro atoms. The van der Waals surface area contributed by atoms with Crippen LogP contribution in [0.5, 0.6) is 11.5 Å². The highest BCUT2D eigenvalue weighted by atomic mass is 32.2. The average Bonchev–Trinajstić information content (AvgIpc) is 2.56. The molecule has 3 rings (SSSR count). The minimum atomic E-state index is -4.75. The van der Waals surface area contributed by atoms with Crippen molar-refractivity contribution in [2.75, 3.05) is 5.73 Å². The average molecular weight is 378 g/mol. The molecule has 0 radical (unpaired) electrons. The van der Waals surface area contributed by atoms with Crippen molar-refractivity contribution >= 4 is 32.3 Å². The summed E-state index contributed by atoms with van der Waals surface area (Å²) < 4.78 is 30.0. The van der Waals surface area contributed by atoms with Gasteiger partial charge in [-0.15, -0.1) is 0 Å². The number of non-ortho nitro benzene ring substituents is 1. The molecule has 0 bridgehead atoms. The van der Waals surface area contributed by atoms with Crippen LogP contribution in [0.1, 0.15) is 0 Å². The summed E-state index contributed by atoms with van der Waals surface area (Å²) in [6.07, 6.45) is 0. The van der Waals surface area contributed by atoms with Crippen molar-refractivity contribution in [3.05, 3.63) is 64.7 Å². The maximum absolute atomic E-state index is 10.7. The molecule has 5 N–H and O–H groups in total. The van der Waals surface area contributed by atoms with Gasteiger partial charge in [0.05, 0.1) is 10.6 Å². The molecule has 0 saturated carbocycles. The lowest BCUT2D eigenvalue weighted by Crippen LogP contribution is -2.02. The number of nitro benzene ring substituents is 1. The van der Waals surface area contributed by atoms with Crippen molar-refractivity contribution in [3.63, 3.8) is 0 Å². The predicted octanol–water partition coefficient (Wildman–Crippen LogP) is 2.67. The molecule has 0 amide bonds. The summed E-state index contributed by atoms with van der Waals surface area (Å²) in [6.45, 7) is 0. The van der Waals surface area contributed by atoms with E-state index in [1.54, 1.807) is 12.1 Å². The molecule has 0 saturated heterocycles. The monoisotopic (exact) mass is 378 g/mol. The summed E-state index contributed by atoms with van der Waals surface area (Å²) in [5, 5.41) is 30.9. The van der Waals surface area contributed by atoms with Gasteiger partial charge in [-0.3, -0.25) is 14.7 Å². The standard InChI is InChI=1S/C10H8O.C6H6N2O6S/c11-10-6-5-8-3-1-2-4-9(8)7-10;7-4-1-3(8(10)11)2-5(6(4)9)15(12,13)14/h1-7,11H;1-2,9H,7H2,(H,12,13,14). The maximum atomic E-state index is 10.7. The van der Waals surface area contributed by atoms with Gasteiger partial charge in [0.15, 0.2) is 5.75 Å². The van der Waals surface area contributed by atoms with Gasteiger partial charge in [-0.2, -0.15) is 8.42 Å². The molecule has 3 aromatic rings. The Balaban J connectivity index is 0.000000195. The largest absolute Gasteiger partial charge is 0.508 e. The van der Waals surface area contributed by atoms with E-state index in [-0.39, 0.29) is 0 Å². The van der Waals surface area contributed by atoms with Crippen LogP contribution in [0.25, 0.3) is 10.8 Å². The Kier molecular flexibility index (Phi) is 5.29. The fourth-order valence-electron chi connectivity index (χ4n) is 2.09. The third kappa shape index (κ3) is 4.37. The van der Waals surface area contributed by atoms with E-state index < -0.39 is 37.1 Å². The Morgan fingerprint density at radius 2 is 1.58 bits per heavy atom. The third-order valence-electron chi connectivity index (χ3n) is 3.31. The van der Waals surface area contributed by atoms with Crippen LogP contribution in [0, 0.1) is 10.1 Å². The summed E-state index contributed by atoms with van der Waals surface area (Å²) in [5.74, 6) is -0.591. The van der Waals surface area contributed by atoms with Gasteiger partial charge < -0.3 is 15.9 Å². The fraction of sp³-hybridized carbons (Fsp3) is 0. The van der Waals surface area contributed by atoms with Crippen LogP contribution in [0.4, 0.5) is 11.4 Å². The van der Waals surface area contributed by atoms with Gasteiger partial charge in [0, 0.05) is 12.1 Å². The first-order valence-electron chi connectivity index (χ1n) is 7.01. The highest BCUT2D eigenvalue weighted by molar-refractivity contribution is 7.86. The zero-order chi connectivity index (χ0) is 19.5. The van der Waals surface area contributed by atoms with E-state index in [2.05, 4.69) is 0 Å². The molecule has 136 valence electrons. The number of rotatable bonds is 2. The molecule has 0 unspecified atom stereocenters. The summed E-state index contributed by atoms with van der Waals surface area (Å²) in [5.41, 5.74) is 3.98. The SMILES string of the molecule is Nc1cc([N+](=O)[O-])cc(S(=O)(=O)O)c1O.Oc1ccc2ccccc2c1. The number of aromatic hydroxyl groups is 2. The molecule has 0 aliphatic heterocycles. The van der Waals surface area contributed by atoms with Crippen LogP contribution in [-0.2, 0) is 10.1 Å². The number of anilines is 1. The molecule has 9 nitrogen and oxygen atoms in total. The second kappa shape index (κ2) is 7.25. The van der Waals surface area contributed by atoms with E-state index in [1.807, 2.05) is 30.3 Å². The van der Waals surface area contributed by atoms with E-state index >= 15 is 0 Å². The Morgan fingerprint density at radius 3 is 2.15 bits per heavy atom. The lowest BCUT2D eigenvalue weighted by atomic mass is 10.1. The normalized spacial score (nSPS) is 10.8. The van der Waals surface area contributed by atoms with E-state index in [1.165, 1.54) is 0 Å². The van der Waals surface area contributed by atoms with Gasteiger partial charge in [0.2, 0.25) is 0 Å². The first-order chi connectivity index (χ1) is 12.1. The van der Waals surface area contributed by atoms with Crippen molar-refractivity contribution in [3.8, 4) is 11.5 Å². The summed E-state index contributed by atoms with van der Waals surface area (Å²) in [6, 6.07) is 14.6. The van der Waals surface area contributed by atoms with E-state index in [4.69, 9.17) is 20.5 Å². The second-order valence-electron chi connectivity index (χ2n) is 5.15. The molecular weight excluding hydrogens is 364 g/mol. The van der Waals surface area contributed by atoms with Gasteiger partial charge in [-0.1, -0.05) is 30.3 Å². The van der Waals surface area contributed by atoms with Crippen molar-refractivity contribution in [1.82, 2.24) is 0 Å². The minimum Gasteiger partial charge on any atom is -0.508 e. The Morgan fingerprint density at radius 1 is 0.962 bits per heavy atom. The van der Waals surface area contributed by atoms with Gasteiger partial charge in [0.25, 0.3) is 15.8 Å². The van der Waals surface area contributed by atoms with Crippen molar-refractivity contribution in [2.24, 2.45) is 0 Å². The predicted molar refractivity (Wildman–Crippen MR) is 94.6 cm³/mol. The number of nitrogens with zero attached hydrogens (tertiary/aromatic N) is 1. The van der Waals surface area contributed by atoms with Crippen LogP contribution in [0.3, 0.4) is 0 Å². The van der Waals surface area contributed by atoms with Crippen LogP contribution in [-0.4, -0.2) is 28.1 Å². The van der Waals surface area contributed by atoms with Gasteiger partial charge >= 0.3 is 0 Å². The Bertz CT molecular complexity index is 1080. The number of hydrogen-bond acceptors (Lipinski definition) is 7. The zero-order valence-corrected chi connectivity index (χ0v) is 13.9. The maximum Gasteiger partial charge on any atom is 0.298 e. The molecule has 10 heteroatoms. The number of benzene rings is 3.